The molecule has 0 radical (unpaired) electrons. The first kappa shape index (κ1) is 14.3. The number of carbonyl (C=O) groups is 1. The van der Waals surface area contributed by atoms with Gasteiger partial charge in [0.05, 0.1) is 17.1 Å². The topological polar surface area (TPSA) is 64.9 Å². The van der Waals surface area contributed by atoms with Crippen LogP contribution in [0.3, 0.4) is 0 Å². The van der Waals surface area contributed by atoms with Crippen molar-refractivity contribution in [3.8, 4) is 6.07 Å². The second kappa shape index (κ2) is 5.74. The highest BCUT2D eigenvalue weighted by Crippen LogP contribution is 2.19. The van der Waals surface area contributed by atoms with E-state index in [1.165, 1.54) is 0 Å². The van der Waals surface area contributed by atoms with E-state index < -0.39 is 0 Å². The fraction of sp³-hybridized carbons (Fsp3) is 0.385. The molecular weight excluding hydrogens is 250 g/mol. The van der Waals surface area contributed by atoms with Crippen LogP contribution in [0.1, 0.15) is 26.3 Å². The Morgan fingerprint density at radius 3 is 2.61 bits per heavy atom. The summed E-state index contributed by atoms with van der Waals surface area (Å²) in [4.78, 5) is 11.6. The molecule has 1 rings (SSSR count). The first-order valence-corrected chi connectivity index (χ1v) is 5.94. The Kier molecular flexibility index (Phi) is 4.57. The number of nitriles is 1. The highest BCUT2D eigenvalue weighted by atomic mass is 35.5. The fourth-order valence-electron chi connectivity index (χ4n) is 1.36. The lowest BCUT2D eigenvalue weighted by Gasteiger charge is -2.20. The zero-order valence-electron chi connectivity index (χ0n) is 10.7. The SMILES string of the molecule is CC(C)(C)NC(=O)CNc1ccc(C#N)c(Cl)c1. The Morgan fingerprint density at radius 2 is 2.11 bits per heavy atom. The number of hydrogen-bond donors (Lipinski definition) is 2. The van der Waals surface area contributed by atoms with E-state index in [4.69, 9.17) is 16.9 Å². The van der Waals surface area contributed by atoms with Crippen molar-refractivity contribution in [2.45, 2.75) is 26.3 Å². The lowest BCUT2D eigenvalue weighted by molar-refractivity contribution is -0.120. The van der Waals surface area contributed by atoms with Gasteiger partial charge < -0.3 is 10.6 Å². The average Bonchev–Trinajstić information content (AvgIpc) is 2.24. The minimum atomic E-state index is -0.249. The summed E-state index contributed by atoms with van der Waals surface area (Å²) in [6, 6.07) is 6.94. The normalized spacial score (nSPS) is 10.6. The monoisotopic (exact) mass is 265 g/mol. The molecule has 1 aromatic carbocycles. The Balaban J connectivity index is 2.57. The van der Waals surface area contributed by atoms with E-state index in [2.05, 4.69) is 10.6 Å². The van der Waals surface area contributed by atoms with Gasteiger partial charge in [-0.3, -0.25) is 4.79 Å². The highest BCUT2D eigenvalue weighted by molar-refractivity contribution is 6.32. The molecule has 96 valence electrons. The molecule has 1 amide bonds. The summed E-state index contributed by atoms with van der Waals surface area (Å²) in [7, 11) is 0. The Bertz CT molecular complexity index is 486. The fourth-order valence-corrected chi connectivity index (χ4v) is 1.58. The lowest BCUT2D eigenvalue weighted by Crippen LogP contribution is -2.43. The molecule has 5 heteroatoms. The van der Waals surface area contributed by atoms with Crippen molar-refractivity contribution in [2.24, 2.45) is 0 Å². The summed E-state index contributed by atoms with van der Waals surface area (Å²) < 4.78 is 0. The largest absolute Gasteiger partial charge is 0.376 e. The second-order valence-electron chi connectivity index (χ2n) is 4.96. The quantitative estimate of drug-likeness (QED) is 0.883. The zero-order chi connectivity index (χ0) is 13.8. The van der Waals surface area contributed by atoms with E-state index in [0.29, 0.717) is 16.3 Å². The molecule has 0 saturated heterocycles. The van der Waals surface area contributed by atoms with Crippen molar-refractivity contribution < 1.29 is 4.79 Å². The van der Waals surface area contributed by atoms with Gasteiger partial charge in [-0.15, -0.1) is 0 Å². The second-order valence-corrected chi connectivity index (χ2v) is 5.37. The molecule has 18 heavy (non-hydrogen) atoms. The summed E-state index contributed by atoms with van der Waals surface area (Å²) in [6.07, 6.45) is 0. The molecule has 1 aromatic rings. The zero-order valence-corrected chi connectivity index (χ0v) is 11.4. The van der Waals surface area contributed by atoms with Gasteiger partial charge >= 0.3 is 0 Å². The van der Waals surface area contributed by atoms with Crippen LogP contribution in [0, 0.1) is 11.3 Å². The third-order valence-electron chi connectivity index (χ3n) is 2.06. The number of amides is 1. The number of nitrogens with one attached hydrogen (secondary N) is 2. The lowest BCUT2D eigenvalue weighted by atomic mass is 10.1. The third-order valence-corrected chi connectivity index (χ3v) is 2.37. The Labute approximate surface area is 112 Å². The Morgan fingerprint density at radius 1 is 1.44 bits per heavy atom. The van der Waals surface area contributed by atoms with Gasteiger partial charge in [0, 0.05) is 11.2 Å². The van der Waals surface area contributed by atoms with E-state index >= 15 is 0 Å². The van der Waals surface area contributed by atoms with Gasteiger partial charge in [0.15, 0.2) is 0 Å². The molecule has 0 atom stereocenters. The average molecular weight is 266 g/mol. The van der Waals surface area contributed by atoms with Crippen LogP contribution >= 0.6 is 11.6 Å². The molecule has 0 aliphatic rings. The van der Waals surface area contributed by atoms with Gasteiger partial charge in [-0.2, -0.15) is 5.26 Å². The highest BCUT2D eigenvalue weighted by Gasteiger charge is 2.13. The molecule has 0 aromatic heterocycles. The molecule has 0 unspecified atom stereocenters. The first-order chi connectivity index (χ1) is 8.31. The van der Waals surface area contributed by atoms with Crippen molar-refractivity contribution in [2.75, 3.05) is 11.9 Å². The van der Waals surface area contributed by atoms with Gasteiger partial charge in [-0.1, -0.05) is 11.6 Å². The standard InChI is InChI=1S/C13H16ClN3O/c1-13(2,3)17-12(18)8-16-10-5-4-9(7-15)11(14)6-10/h4-6,16H,8H2,1-3H3,(H,17,18). The molecule has 0 aliphatic heterocycles. The maximum Gasteiger partial charge on any atom is 0.239 e. The molecular formula is C13H16ClN3O. The van der Waals surface area contributed by atoms with Gasteiger partial charge in [0.25, 0.3) is 0 Å². The van der Waals surface area contributed by atoms with Crippen molar-refractivity contribution in [3.05, 3.63) is 28.8 Å². The molecule has 4 nitrogen and oxygen atoms in total. The van der Waals surface area contributed by atoms with Crippen molar-refractivity contribution in [3.63, 3.8) is 0 Å². The number of rotatable bonds is 3. The van der Waals surface area contributed by atoms with Crippen LogP contribution in [0.5, 0.6) is 0 Å². The van der Waals surface area contributed by atoms with Crippen LogP contribution in [0.4, 0.5) is 5.69 Å². The number of halogens is 1. The smallest absolute Gasteiger partial charge is 0.239 e. The summed E-state index contributed by atoms with van der Waals surface area (Å²) in [5.74, 6) is -0.0945. The van der Waals surface area contributed by atoms with Crippen molar-refractivity contribution >= 4 is 23.2 Å². The maximum absolute atomic E-state index is 11.6. The number of benzene rings is 1. The minimum Gasteiger partial charge on any atom is -0.376 e. The van der Waals surface area contributed by atoms with E-state index in [1.54, 1.807) is 18.2 Å². The van der Waals surface area contributed by atoms with Crippen LogP contribution < -0.4 is 10.6 Å². The van der Waals surface area contributed by atoms with E-state index in [-0.39, 0.29) is 18.0 Å². The van der Waals surface area contributed by atoms with Crippen LogP contribution in [-0.2, 0) is 4.79 Å². The molecule has 0 aliphatic carbocycles. The van der Waals surface area contributed by atoms with Gasteiger partial charge in [-0.25, -0.2) is 0 Å². The molecule has 0 bridgehead atoms. The van der Waals surface area contributed by atoms with Crippen LogP contribution in [-0.4, -0.2) is 18.0 Å². The van der Waals surface area contributed by atoms with Gasteiger partial charge in [0.2, 0.25) is 5.91 Å². The predicted octanol–water partition coefficient (Wildman–Crippen LogP) is 2.54. The third kappa shape index (κ3) is 4.64. The maximum atomic E-state index is 11.6. The molecule has 0 fully saturated rings. The van der Waals surface area contributed by atoms with Gasteiger partial charge in [0.1, 0.15) is 6.07 Å². The summed E-state index contributed by atoms with van der Waals surface area (Å²) in [5.41, 5.74) is 0.880. The Hall–Kier alpha value is -1.73. The molecule has 0 spiro atoms. The summed E-state index contributed by atoms with van der Waals surface area (Å²) >= 11 is 5.89. The van der Waals surface area contributed by atoms with Crippen molar-refractivity contribution in [1.29, 1.82) is 5.26 Å². The number of anilines is 1. The van der Waals surface area contributed by atoms with Crippen LogP contribution in [0.15, 0.2) is 18.2 Å². The molecule has 0 saturated carbocycles. The van der Waals surface area contributed by atoms with E-state index in [1.807, 2.05) is 26.8 Å². The van der Waals surface area contributed by atoms with Crippen molar-refractivity contribution in [1.82, 2.24) is 5.32 Å². The summed E-state index contributed by atoms with van der Waals surface area (Å²) in [6.45, 7) is 5.93. The summed E-state index contributed by atoms with van der Waals surface area (Å²) in [5, 5.41) is 14.9. The number of nitrogens with zero attached hydrogens (tertiary/aromatic N) is 1. The number of hydrogen-bond acceptors (Lipinski definition) is 3. The minimum absolute atomic E-state index is 0.0945. The van der Waals surface area contributed by atoms with Gasteiger partial charge in [-0.05, 0) is 39.0 Å². The number of carbonyl (C=O) groups excluding carboxylic acids is 1. The van der Waals surface area contributed by atoms with E-state index in [0.717, 1.165) is 0 Å². The predicted molar refractivity (Wildman–Crippen MR) is 72.6 cm³/mol. The van der Waals surface area contributed by atoms with Crippen LogP contribution in [0.2, 0.25) is 5.02 Å². The van der Waals surface area contributed by atoms with Crippen LogP contribution in [0.25, 0.3) is 0 Å². The van der Waals surface area contributed by atoms with E-state index in [9.17, 15) is 4.79 Å². The molecule has 0 heterocycles. The molecule has 2 N–H and O–H groups in total. The first-order valence-electron chi connectivity index (χ1n) is 5.56.